The highest BCUT2D eigenvalue weighted by atomic mass is 31.2. The zero-order valence-electron chi connectivity index (χ0n) is 33.9. The molecule has 0 spiro atoms. The van der Waals surface area contributed by atoms with E-state index in [0.29, 0.717) is 6.42 Å². The van der Waals surface area contributed by atoms with E-state index in [1.165, 1.54) is 193 Å². The Morgan fingerprint density at radius 1 is 0.438 bits per heavy atom. The Hall–Kier alpha value is 0.110. The first-order chi connectivity index (χ1) is 23.2. The van der Waals surface area contributed by atoms with Crippen LogP contribution in [0.2, 0.25) is 0 Å². The van der Waals surface area contributed by atoms with Crippen molar-refractivity contribution >= 4 is 7.60 Å². The third-order valence-electron chi connectivity index (χ3n) is 10.3. The molecule has 1 atom stereocenters. The van der Waals surface area contributed by atoms with Crippen molar-refractivity contribution in [2.45, 2.75) is 245 Å². The highest BCUT2D eigenvalue weighted by Crippen LogP contribution is 2.41. The summed E-state index contributed by atoms with van der Waals surface area (Å²) in [6, 6.07) is 0. The largest absolute Gasteiger partial charge is 0.778 e. The molecule has 48 heavy (non-hydrogen) atoms. The fraction of sp³-hybridized carbons (Fsp3) is 1.00. The predicted molar refractivity (Wildman–Crippen MR) is 213 cm³/mol. The molecule has 290 valence electrons. The van der Waals surface area contributed by atoms with Crippen LogP contribution in [0.4, 0.5) is 0 Å². The van der Waals surface area contributed by atoms with E-state index in [1.807, 2.05) is 0 Å². The lowest BCUT2D eigenvalue weighted by atomic mass is 10.0. The molecule has 0 aromatic carbocycles. The van der Waals surface area contributed by atoms with Crippen LogP contribution in [0.15, 0.2) is 0 Å². The van der Waals surface area contributed by atoms with Gasteiger partial charge < -0.3 is 18.5 Å². The average Bonchev–Trinajstić information content (AvgIpc) is 3.03. The second-order valence-corrected chi connectivity index (χ2v) is 18.5. The summed E-state index contributed by atoms with van der Waals surface area (Å²) < 4.78 is 19.6. The Morgan fingerprint density at radius 3 is 0.938 bits per heavy atom. The minimum Gasteiger partial charge on any atom is -0.778 e. The van der Waals surface area contributed by atoms with Crippen LogP contribution in [-0.4, -0.2) is 44.4 Å². The van der Waals surface area contributed by atoms with Crippen molar-refractivity contribution in [3.05, 3.63) is 0 Å². The summed E-state index contributed by atoms with van der Waals surface area (Å²) in [6.45, 7) is 5.44. The van der Waals surface area contributed by atoms with Gasteiger partial charge in [0.25, 0.3) is 0 Å². The molecule has 5 heteroatoms. The van der Waals surface area contributed by atoms with E-state index in [-0.39, 0.29) is 12.3 Å². The lowest BCUT2D eigenvalue weighted by Gasteiger charge is -2.31. The second-order valence-electron chi connectivity index (χ2n) is 16.6. The first-order valence-electron chi connectivity index (χ1n) is 22.0. The molecular weight excluding hydrogens is 609 g/mol. The summed E-state index contributed by atoms with van der Waals surface area (Å²) >= 11 is 0. The minimum atomic E-state index is -3.78. The smallest absolute Gasteiger partial charge is 0.135 e. The maximum atomic E-state index is 12.9. The molecule has 1 unspecified atom stereocenters. The summed E-state index contributed by atoms with van der Waals surface area (Å²) in [6.07, 6.45) is 46.2. The zero-order valence-corrected chi connectivity index (χ0v) is 34.8. The van der Waals surface area contributed by atoms with Gasteiger partial charge in [-0.1, -0.05) is 219 Å². The fourth-order valence-electron chi connectivity index (χ4n) is 7.11. The fourth-order valence-corrected chi connectivity index (χ4v) is 8.41. The monoisotopic (exact) mass is 700 g/mol. The van der Waals surface area contributed by atoms with Gasteiger partial charge in [-0.05, 0) is 12.8 Å². The molecule has 0 saturated heterocycles. The van der Waals surface area contributed by atoms with Gasteiger partial charge in [-0.15, -0.1) is 0 Å². The Morgan fingerprint density at radius 2 is 0.688 bits per heavy atom. The average molecular weight is 700 g/mol. The molecule has 0 aromatic heterocycles. The maximum Gasteiger partial charge on any atom is 0.135 e. The summed E-state index contributed by atoms with van der Waals surface area (Å²) in [7, 11) is 2.58. The first-order valence-corrected chi connectivity index (χ1v) is 23.7. The van der Waals surface area contributed by atoms with Crippen molar-refractivity contribution in [2.24, 2.45) is 0 Å². The van der Waals surface area contributed by atoms with E-state index in [0.717, 1.165) is 36.7 Å². The molecule has 0 radical (unpaired) electrons. The van der Waals surface area contributed by atoms with Crippen LogP contribution in [0.1, 0.15) is 239 Å². The van der Waals surface area contributed by atoms with Crippen LogP contribution >= 0.6 is 7.60 Å². The predicted octanol–water partition coefficient (Wildman–Crippen LogP) is 14.3. The van der Waals surface area contributed by atoms with Gasteiger partial charge in [-0.2, -0.15) is 0 Å². The lowest BCUT2D eigenvalue weighted by Crippen LogP contribution is -2.36. The van der Waals surface area contributed by atoms with Crippen LogP contribution in [-0.2, 0) is 9.09 Å². The zero-order chi connectivity index (χ0) is 35.4. The molecule has 0 heterocycles. The third-order valence-corrected chi connectivity index (χ3v) is 11.8. The quantitative estimate of drug-likeness (QED) is 0.0363. The number of unbranched alkanes of at least 4 members (excludes halogenated alkanes) is 30. The van der Waals surface area contributed by atoms with E-state index in [1.54, 1.807) is 0 Å². The van der Waals surface area contributed by atoms with Crippen molar-refractivity contribution in [1.82, 2.24) is 0 Å². The molecule has 0 aliphatic rings. The normalized spacial score (nSPS) is 13.5. The lowest BCUT2D eigenvalue weighted by molar-refractivity contribution is -0.870. The van der Waals surface area contributed by atoms with Gasteiger partial charge in [0, 0.05) is 12.6 Å². The van der Waals surface area contributed by atoms with Crippen LogP contribution in [0, 0.1) is 0 Å². The molecule has 0 aromatic rings. The Balaban J connectivity index is 4.05. The van der Waals surface area contributed by atoms with Crippen LogP contribution < -0.4 is 4.89 Å². The summed E-state index contributed by atoms with van der Waals surface area (Å²) in [5, 5.41) is 0. The standard InChI is InChI=1S/C43H90NO3P/c1-6-8-10-12-14-16-18-20-22-24-26-28-30-32-34-36-39-43(47-48(45,46)42-38-41-44(3,4)5)40-37-35-33-31-29-27-25-23-21-19-17-15-13-11-9-7-2/h43H,6-42H2,1-5H3. The van der Waals surface area contributed by atoms with Gasteiger partial charge in [0.05, 0.1) is 33.8 Å². The molecule has 0 amide bonds. The SMILES string of the molecule is CCCCCCCCCCCCCCCCCCC(CCCCCCCCCCCCCCCCCC)OP(=O)([O-])CCC[N+](C)(C)C. The number of quaternary nitrogens is 1. The Kier molecular flexibility index (Phi) is 35.6. The molecule has 0 N–H and O–H groups in total. The van der Waals surface area contributed by atoms with Gasteiger partial charge in [0.15, 0.2) is 0 Å². The van der Waals surface area contributed by atoms with E-state index in [9.17, 15) is 9.46 Å². The molecule has 0 aliphatic heterocycles. The highest BCUT2D eigenvalue weighted by Gasteiger charge is 2.18. The number of rotatable bonds is 40. The van der Waals surface area contributed by atoms with E-state index >= 15 is 0 Å². The van der Waals surface area contributed by atoms with Gasteiger partial charge in [0.1, 0.15) is 7.60 Å². The van der Waals surface area contributed by atoms with Gasteiger partial charge in [0.2, 0.25) is 0 Å². The Bertz CT molecular complexity index is 643. The number of hydrogen-bond acceptors (Lipinski definition) is 3. The summed E-state index contributed by atoms with van der Waals surface area (Å²) in [5.74, 6) is 0. The Labute approximate surface area is 303 Å². The van der Waals surface area contributed by atoms with E-state index < -0.39 is 7.60 Å². The van der Waals surface area contributed by atoms with Gasteiger partial charge in [-0.25, -0.2) is 0 Å². The molecule has 0 aliphatic carbocycles. The van der Waals surface area contributed by atoms with Gasteiger partial charge in [-0.3, -0.25) is 0 Å². The van der Waals surface area contributed by atoms with E-state index in [2.05, 4.69) is 35.0 Å². The summed E-state index contributed by atoms with van der Waals surface area (Å²) in [4.78, 5) is 12.9. The highest BCUT2D eigenvalue weighted by molar-refractivity contribution is 7.51. The molecule has 4 nitrogen and oxygen atoms in total. The number of hydrogen-bond donors (Lipinski definition) is 0. The molecule has 0 saturated carbocycles. The van der Waals surface area contributed by atoms with Crippen LogP contribution in [0.5, 0.6) is 0 Å². The van der Waals surface area contributed by atoms with Gasteiger partial charge >= 0.3 is 0 Å². The molecule has 0 bridgehead atoms. The third kappa shape index (κ3) is 38.9. The maximum absolute atomic E-state index is 12.9. The van der Waals surface area contributed by atoms with Crippen molar-refractivity contribution in [3.63, 3.8) is 0 Å². The molecule has 0 rings (SSSR count). The van der Waals surface area contributed by atoms with Crippen molar-refractivity contribution in [3.8, 4) is 0 Å². The number of nitrogens with zero attached hydrogens (tertiary/aromatic N) is 1. The van der Waals surface area contributed by atoms with Crippen LogP contribution in [0.25, 0.3) is 0 Å². The van der Waals surface area contributed by atoms with Crippen molar-refractivity contribution < 1.29 is 18.5 Å². The molecular formula is C43H90NO3P. The van der Waals surface area contributed by atoms with Crippen molar-refractivity contribution in [2.75, 3.05) is 33.8 Å². The van der Waals surface area contributed by atoms with E-state index in [4.69, 9.17) is 4.52 Å². The van der Waals surface area contributed by atoms with Crippen molar-refractivity contribution in [1.29, 1.82) is 0 Å². The molecule has 0 fully saturated rings. The second kappa shape index (κ2) is 35.5. The minimum absolute atomic E-state index is 0.115. The topological polar surface area (TPSA) is 49.4 Å². The van der Waals surface area contributed by atoms with Crippen LogP contribution in [0.3, 0.4) is 0 Å². The first kappa shape index (κ1) is 48.1. The summed E-state index contributed by atoms with van der Waals surface area (Å²) in [5.41, 5.74) is 0.